The number of ether oxygens (including phenoxy) is 1. The molecule has 0 bridgehead atoms. The monoisotopic (exact) mass is 406 g/mol. The van der Waals surface area contributed by atoms with E-state index >= 15 is 0 Å². The fourth-order valence-corrected chi connectivity index (χ4v) is 4.03. The summed E-state index contributed by atoms with van der Waals surface area (Å²) in [4.78, 5) is 15.1. The Morgan fingerprint density at radius 1 is 1.30 bits per heavy atom. The molecule has 1 fully saturated rings. The number of piperidine rings is 1. The highest BCUT2D eigenvalue weighted by atomic mass is 35.5. The molecule has 146 valence electrons. The summed E-state index contributed by atoms with van der Waals surface area (Å²) in [7, 11) is 0. The van der Waals surface area contributed by atoms with E-state index in [1.165, 1.54) is 5.56 Å². The summed E-state index contributed by atoms with van der Waals surface area (Å²) >= 11 is 7.86. The molecule has 1 aliphatic rings. The van der Waals surface area contributed by atoms with Crippen LogP contribution in [0.15, 0.2) is 35.0 Å². The van der Waals surface area contributed by atoms with Crippen molar-refractivity contribution in [2.45, 2.75) is 51.8 Å². The number of rotatable bonds is 5. The van der Waals surface area contributed by atoms with Gasteiger partial charge < -0.3 is 10.1 Å². The average Bonchev–Trinajstić information content (AvgIpc) is 3.09. The molecule has 0 saturated carbocycles. The van der Waals surface area contributed by atoms with E-state index in [4.69, 9.17) is 16.3 Å². The average molecular weight is 407 g/mol. The topological polar surface area (TPSA) is 41.6 Å². The van der Waals surface area contributed by atoms with E-state index in [1.807, 2.05) is 20.8 Å². The first-order valence-corrected chi connectivity index (χ1v) is 10.6. The van der Waals surface area contributed by atoms with Crippen molar-refractivity contribution in [2.24, 2.45) is 0 Å². The van der Waals surface area contributed by atoms with Gasteiger partial charge in [-0.2, -0.15) is 11.3 Å². The molecule has 0 unspecified atom stereocenters. The Morgan fingerprint density at radius 2 is 2.04 bits per heavy atom. The lowest BCUT2D eigenvalue weighted by Crippen LogP contribution is -2.41. The first-order valence-electron chi connectivity index (χ1n) is 9.32. The Labute approximate surface area is 170 Å². The van der Waals surface area contributed by atoms with Crippen molar-refractivity contribution >= 4 is 28.8 Å². The molecule has 2 aromatic rings. The lowest BCUT2D eigenvalue weighted by atomic mass is 10.1. The van der Waals surface area contributed by atoms with Gasteiger partial charge in [0.2, 0.25) is 0 Å². The van der Waals surface area contributed by atoms with Crippen LogP contribution in [-0.4, -0.2) is 35.5 Å². The second-order valence-electron chi connectivity index (χ2n) is 8.07. The number of carbonyl (C=O) groups is 1. The van der Waals surface area contributed by atoms with Gasteiger partial charge in [-0.15, -0.1) is 0 Å². The van der Waals surface area contributed by atoms with Crippen molar-refractivity contribution in [3.05, 3.63) is 51.2 Å². The highest BCUT2D eigenvalue weighted by Crippen LogP contribution is 2.27. The van der Waals surface area contributed by atoms with E-state index < -0.39 is 0 Å². The number of nitrogens with one attached hydrogen (secondary N) is 1. The van der Waals surface area contributed by atoms with Crippen LogP contribution in [-0.2, 0) is 6.54 Å². The highest BCUT2D eigenvalue weighted by molar-refractivity contribution is 7.07. The lowest BCUT2D eigenvalue weighted by molar-refractivity contribution is 0.0870. The third-order valence-electron chi connectivity index (χ3n) is 4.49. The van der Waals surface area contributed by atoms with E-state index in [0.29, 0.717) is 16.3 Å². The zero-order chi connectivity index (χ0) is 19.4. The maximum Gasteiger partial charge on any atom is 0.255 e. The van der Waals surface area contributed by atoms with Gasteiger partial charge in [-0.1, -0.05) is 11.6 Å². The van der Waals surface area contributed by atoms with E-state index in [-0.39, 0.29) is 17.6 Å². The quantitative estimate of drug-likeness (QED) is 0.761. The van der Waals surface area contributed by atoms with E-state index in [9.17, 15) is 4.79 Å². The number of hydrogen-bond donors (Lipinski definition) is 1. The second-order valence-corrected chi connectivity index (χ2v) is 9.29. The lowest BCUT2D eigenvalue weighted by Gasteiger charge is -2.32. The summed E-state index contributed by atoms with van der Waals surface area (Å²) in [5.41, 5.74) is 1.56. The molecule has 1 N–H and O–H groups in total. The number of hydrogen-bond acceptors (Lipinski definition) is 4. The molecule has 1 saturated heterocycles. The van der Waals surface area contributed by atoms with Gasteiger partial charge in [0.1, 0.15) is 11.9 Å². The van der Waals surface area contributed by atoms with Crippen molar-refractivity contribution in [1.82, 2.24) is 10.2 Å². The zero-order valence-electron chi connectivity index (χ0n) is 16.1. The fraction of sp³-hybridized carbons (Fsp3) is 0.476. The Hall–Kier alpha value is -1.56. The minimum Gasteiger partial charge on any atom is -0.489 e. The van der Waals surface area contributed by atoms with Crippen LogP contribution < -0.4 is 10.1 Å². The number of carbonyl (C=O) groups excluding carboxylic acids is 1. The number of amides is 1. The molecular weight excluding hydrogens is 380 g/mol. The minimum absolute atomic E-state index is 0.117. The van der Waals surface area contributed by atoms with Gasteiger partial charge in [0.05, 0.1) is 5.56 Å². The van der Waals surface area contributed by atoms with Crippen molar-refractivity contribution in [3.8, 4) is 5.75 Å². The number of nitrogens with zero attached hydrogens (tertiary/aromatic N) is 1. The summed E-state index contributed by atoms with van der Waals surface area (Å²) in [6.45, 7) is 8.86. The third kappa shape index (κ3) is 5.96. The summed E-state index contributed by atoms with van der Waals surface area (Å²) in [6, 6.07) is 7.44. The third-order valence-corrected chi connectivity index (χ3v) is 5.46. The van der Waals surface area contributed by atoms with Gasteiger partial charge >= 0.3 is 0 Å². The molecule has 0 spiro atoms. The summed E-state index contributed by atoms with van der Waals surface area (Å²) in [5, 5.41) is 7.85. The van der Waals surface area contributed by atoms with E-state index in [1.54, 1.807) is 29.5 Å². The number of halogens is 1. The Morgan fingerprint density at radius 3 is 2.67 bits per heavy atom. The summed E-state index contributed by atoms with van der Waals surface area (Å²) in [6.07, 6.45) is 2.02. The molecule has 1 aliphatic heterocycles. The molecular formula is C21H27ClN2O2S. The van der Waals surface area contributed by atoms with Crippen molar-refractivity contribution in [2.75, 3.05) is 13.1 Å². The molecule has 6 heteroatoms. The van der Waals surface area contributed by atoms with Crippen molar-refractivity contribution in [3.63, 3.8) is 0 Å². The number of likely N-dealkylation sites (tertiary alicyclic amines) is 1. The van der Waals surface area contributed by atoms with Gasteiger partial charge in [0.15, 0.2) is 0 Å². The van der Waals surface area contributed by atoms with Crippen LogP contribution in [0.3, 0.4) is 0 Å². The standard InChI is InChI=1S/C21H27ClN2O2S/c1-21(2,3)23-20(25)18-12-16(22)4-5-19(18)26-17-6-9-24(10-7-17)13-15-8-11-27-14-15/h4-5,8,11-12,14,17H,6-7,9-10,13H2,1-3H3,(H,23,25). The fourth-order valence-electron chi connectivity index (χ4n) is 3.20. The number of thiophene rings is 1. The Bertz CT molecular complexity index is 763. The van der Waals surface area contributed by atoms with E-state index in [0.717, 1.165) is 32.5 Å². The smallest absolute Gasteiger partial charge is 0.255 e. The van der Waals surface area contributed by atoms with Crippen LogP contribution in [0.1, 0.15) is 49.5 Å². The van der Waals surface area contributed by atoms with Gasteiger partial charge in [0.25, 0.3) is 5.91 Å². The summed E-state index contributed by atoms with van der Waals surface area (Å²) in [5.74, 6) is 0.451. The highest BCUT2D eigenvalue weighted by Gasteiger charge is 2.24. The maximum atomic E-state index is 12.6. The van der Waals surface area contributed by atoms with Crippen LogP contribution >= 0.6 is 22.9 Å². The zero-order valence-corrected chi connectivity index (χ0v) is 17.7. The molecule has 27 heavy (non-hydrogen) atoms. The second kappa shape index (κ2) is 8.63. The minimum atomic E-state index is -0.316. The van der Waals surface area contributed by atoms with Gasteiger partial charge in [-0.05, 0) is 74.2 Å². The molecule has 2 heterocycles. The van der Waals surface area contributed by atoms with Gasteiger partial charge in [-0.25, -0.2) is 0 Å². The Balaban J connectivity index is 1.62. The van der Waals surface area contributed by atoms with Crippen LogP contribution in [0.5, 0.6) is 5.75 Å². The molecule has 1 aromatic heterocycles. The molecule has 4 nitrogen and oxygen atoms in total. The molecule has 0 aliphatic carbocycles. The van der Waals surface area contributed by atoms with E-state index in [2.05, 4.69) is 27.0 Å². The van der Waals surface area contributed by atoms with Crippen molar-refractivity contribution in [1.29, 1.82) is 0 Å². The SMILES string of the molecule is CC(C)(C)NC(=O)c1cc(Cl)ccc1OC1CCN(Cc2ccsc2)CC1. The van der Waals surface area contributed by atoms with Crippen LogP contribution in [0.25, 0.3) is 0 Å². The van der Waals surface area contributed by atoms with Crippen LogP contribution in [0.2, 0.25) is 5.02 Å². The molecule has 1 amide bonds. The molecule has 0 atom stereocenters. The number of benzene rings is 1. The van der Waals surface area contributed by atoms with Gasteiger partial charge in [-0.3, -0.25) is 9.69 Å². The van der Waals surface area contributed by atoms with Crippen molar-refractivity contribution < 1.29 is 9.53 Å². The molecule has 0 radical (unpaired) electrons. The first-order chi connectivity index (χ1) is 12.8. The first kappa shape index (κ1) is 20.2. The normalized spacial score (nSPS) is 16.3. The van der Waals surface area contributed by atoms with Crippen LogP contribution in [0.4, 0.5) is 0 Å². The molecule has 3 rings (SSSR count). The van der Waals surface area contributed by atoms with Crippen LogP contribution in [0, 0.1) is 0 Å². The predicted molar refractivity (Wildman–Crippen MR) is 112 cm³/mol. The largest absolute Gasteiger partial charge is 0.489 e. The summed E-state index contributed by atoms with van der Waals surface area (Å²) < 4.78 is 6.22. The maximum absolute atomic E-state index is 12.6. The molecule has 1 aromatic carbocycles. The van der Waals surface area contributed by atoms with Gasteiger partial charge in [0, 0.05) is 30.2 Å². The Kier molecular flexibility index (Phi) is 6.45. The predicted octanol–water partition coefficient (Wildman–Crippen LogP) is 4.97.